The minimum Gasteiger partial charge on any atom is -0.338 e. The van der Waals surface area contributed by atoms with E-state index in [0.29, 0.717) is 42.3 Å². The maximum absolute atomic E-state index is 13.1. The molecule has 4 amide bonds. The second-order valence-corrected chi connectivity index (χ2v) is 17.1. The monoisotopic (exact) mass is 911 g/mol. The Morgan fingerprint density at radius 1 is 0.636 bits per heavy atom. The lowest BCUT2D eigenvalue weighted by atomic mass is 9.97. The fraction of sp³-hybridized carbons (Fsp3) is 0.417. The number of nitrogens with one attached hydrogen (secondary N) is 4. The number of carbonyl (C=O) groups excluding carboxylic acids is 2. The largest absolute Gasteiger partial charge is 0.338 e. The number of rotatable bonds is 15. The average Bonchev–Trinajstić information content (AvgIpc) is 3.97. The van der Waals surface area contributed by atoms with Crippen molar-refractivity contribution in [3.63, 3.8) is 0 Å². The molecule has 2 aliphatic heterocycles. The molecule has 4 heterocycles. The van der Waals surface area contributed by atoms with Crippen molar-refractivity contribution in [3.8, 4) is 22.8 Å². The van der Waals surface area contributed by atoms with Crippen LogP contribution >= 0.6 is 0 Å². The first-order valence-electron chi connectivity index (χ1n) is 22.8. The summed E-state index contributed by atoms with van der Waals surface area (Å²) in [5, 5.41) is 35.1. The molecule has 0 aliphatic carbocycles. The van der Waals surface area contributed by atoms with E-state index in [1.807, 2.05) is 66.7 Å². The first-order valence-corrected chi connectivity index (χ1v) is 22.8. The molecule has 2 fully saturated rings. The molecule has 4 aromatic carbocycles. The summed E-state index contributed by atoms with van der Waals surface area (Å²) in [7, 11) is 3.57. The van der Waals surface area contributed by atoms with Crippen molar-refractivity contribution in [1.29, 1.82) is 0 Å². The highest BCUT2D eigenvalue weighted by Crippen LogP contribution is 2.24. The first-order chi connectivity index (χ1) is 32.1. The van der Waals surface area contributed by atoms with E-state index in [0.717, 1.165) is 118 Å². The number of halogens is 2. The molecule has 0 unspecified atom stereocenters. The van der Waals surface area contributed by atoms with Gasteiger partial charge in [-0.05, 0) is 162 Å². The third-order valence-corrected chi connectivity index (χ3v) is 12.1. The fourth-order valence-corrected chi connectivity index (χ4v) is 8.52. The molecular weight excluding hydrogens is 843 g/mol. The summed E-state index contributed by atoms with van der Waals surface area (Å²) < 4.78 is 29.4. The molecule has 0 spiro atoms. The maximum atomic E-state index is 13.1. The van der Waals surface area contributed by atoms with Crippen LogP contribution < -0.4 is 21.3 Å². The number of piperidine rings is 2. The minimum absolute atomic E-state index is 0. The van der Waals surface area contributed by atoms with E-state index in [2.05, 4.69) is 69.0 Å². The number of hydrogen-bond donors (Lipinski definition) is 4. The number of anilines is 2. The van der Waals surface area contributed by atoms with Gasteiger partial charge < -0.3 is 31.1 Å². The normalized spacial score (nSPS) is 16.5. The van der Waals surface area contributed by atoms with Crippen LogP contribution in [0.4, 0.5) is 29.7 Å². The molecule has 0 bridgehead atoms. The van der Waals surface area contributed by atoms with Gasteiger partial charge in [-0.3, -0.25) is 0 Å². The van der Waals surface area contributed by atoms with Crippen molar-refractivity contribution in [1.82, 2.24) is 60.8 Å². The van der Waals surface area contributed by atoms with Crippen LogP contribution in [-0.2, 0) is 33.4 Å². The lowest BCUT2D eigenvalue weighted by molar-refractivity contribution is 0.174. The van der Waals surface area contributed by atoms with Crippen LogP contribution in [0, 0.1) is 23.5 Å². The number of nitrogens with zero attached hydrogens (tertiary/aromatic N) is 10. The summed E-state index contributed by atoms with van der Waals surface area (Å²) in [4.78, 5) is 29.9. The number of aryl methyl sites for hydroxylation is 3. The highest BCUT2D eigenvalue weighted by atomic mass is 19.1. The zero-order valence-corrected chi connectivity index (χ0v) is 38.0. The number of urea groups is 2. The molecule has 2 aliphatic rings. The summed E-state index contributed by atoms with van der Waals surface area (Å²) >= 11 is 0. The average molecular weight is 911 g/mol. The van der Waals surface area contributed by atoms with Crippen molar-refractivity contribution in [2.45, 2.75) is 51.9 Å². The Labute approximate surface area is 390 Å². The van der Waals surface area contributed by atoms with E-state index >= 15 is 0 Å². The quantitative estimate of drug-likeness (QED) is 0.0798. The molecule has 0 saturated carbocycles. The molecule has 2 aromatic heterocycles. The zero-order chi connectivity index (χ0) is 46.3. The standard InChI is InChI=1S/C25H32FN7O.C23H28FN7O.4H2/c1-3-18-13-21(24-29-30-31-32(24)2)15-23(14-18)28-25(34)27-16-20-5-4-11-33(17-20)12-10-19-6-8-22(26)9-7-19;1-30-22(27-28-29-30)19-5-2-6-21(14-19)26-23(32)25-15-18-4-3-12-31(16-18)13-11-17-7-9-20(24)10-8-17;;;;/h6-9,13-15,20H,3-5,10-12,16-17H2,1-2H3,(H2,27,28,34);2,5-10,14,18H,3-4,11-13,15-16H2,1H3,(H2,25,26,32);4*1H/t20-;18-;;;;/m11..../s1. The summed E-state index contributed by atoms with van der Waals surface area (Å²) in [6.07, 6.45) is 7.07. The number of hydrogen-bond acceptors (Lipinski definition) is 10. The maximum Gasteiger partial charge on any atom is 0.319 e. The van der Waals surface area contributed by atoms with Crippen LogP contribution in [0.1, 0.15) is 55.0 Å². The third kappa shape index (κ3) is 14.2. The van der Waals surface area contributed by atoms with Gasteiger partial charge in [0.25, 0.3) is 0 Å². The molecule has 16 nitrogen and oxygen atoms in total. The predicted octanol–water partition coefficient (Wildman–Crippen LogP) is 7.73. The molecule has 2 saturated heterocycles. The Kier molecular flexibility index (Phi) is 16.8. The van der Waals surface area contributed by atoms with Gasteiger partial charge in [0.15, 0.2) is 11.6 Å². The lowest BCUT2D eigenvalue weighted by Gasteiger charge is -2.32. The second-order valence-electron chi connectivity index (χ2n) is 17.1. The summed E-state index contributed by atoms with van der Waals surface area (Å²) in [5.41, 5.74) is 6.50. The Bertz CT molecular complexity index is 2500. The Balaban J connectivity index is 0.000000351. The highest BCUT2D eigenvalue weighted by molar-refractivity contribution is 5.90. The van der Waals surface area contributed by atoms with Crippen molar-refractivity contribution in [3.05, 3.63) is 119 Å². The van der Waals surface area contributed by atoms with Crippen LogP contribution in [0.25, 0.3) is 22.8 Å². The van der Waals surface area contributed by atoms with E-state index in [1.54, 1.807) is 23.5 Å². The minimum atomic E-state index is -0.221. The van der Waals surface area contributed by atoms with Gasteiger partial charge in [0, 0.05) is 81.6 Å². The van der Waals surface area contributed by atoms with Crippen LogP contribution in [0.5, 0.6) is 0 Å². The smallest absolute Gasteiger partial charge is 0.319 e. The van der Waals surface area contributed by atoms with Gasteiger partial charge in [-0.1, -0.05) is 43.3 Å². The SMILES string of the molecule is CCc1cc(NC(=O)NC[C@H]2CCCN(CCc3ccc(F)cc3)C2)cc(-c2nnnn2C)c1.Cn1nnnc1-c1cccc(NC(=O)NC[C@H]2CCCN(CCc3ccc(F)cc3)C2)c1.[HH].[HH].[HH].[HH]. The van der Waals surface area contributed by atoms with Crippen molar-refractivity contribution >= 4 is 23.4 Å². The van der Waals surface area contributed by atoms with E-state index in [1.165, 1.54) is 24.3 Å². The molecule has 8 rings (SSSR count). The first kappa shape index (κ1) is 47.3. The summed E-state index contributed by atoms with van der Waals surface area (Å²) in [6, 6.07) is 26.4. The van der Waals surface area contributed by atoms with Gasteiger partial charge in [0.1, 0.15) is 11.6 Å². The number of likely N-dealkylation sites (tertiary alicyclic amines) is 2. The molecule has 4 N–H and O–H groups in total. The molecule has 2 atom stereocenters. The van der Waals surface area contributed by atoms with Crippen molar-refractivity contribution in [2.24, 2.45) is 25.9 Å². The van der Waals surface area contributed by atoms with Gasteiger partial charge in [0.2, 0.25) is 0 Å². The fourth-order valence-electron chi connectivity index (χ4n) is 8.52. The van der Waals surface area contributed by atoms with E-state index in [-0.39, 0.29) is 29.4 Å². The number of aromatic nitrogens is 8. The Morgan fingerprint density at radius 3 is 1.64 bits per heavy atom. The molecule has 6 aromatic rings. The van der Waals surface area contributed by atoms with E-state index in [4.69, 9.17) is 0 Å². The van der Waals surface area contributed by atoms with Gasteiger partial charge in [-0.2, -0.15) is 0 Å². The molecular formula is C48H68F2N14O2. The third-order valence-electron chi connectivity index (χ3n) is 12.1. The van der Waals surface area contributed by atoms with Crippen molar-refractivity contribution in [2.75, 3.05) is 63.0 Å². The summed E-state index contributed by atoms with van der Waals surface area (Å²) in [6.45, 7) is 9.25. The Hall–Kier alpha value is -6.66. The number of tetrazole rings is 2. The number of benzene rings is 4. The Morgan fingerprint density at radius 2 is 1.14 bits per heavy atom. The molecule has 0 radical (unpaired) electrons. The van der Waals surface area contributed by atoms with Crippen LogP contribution in [0.3, 0.4) is 0 Å². The van der Waals surface area contributed by atoms with Gasteiger partial charge >= 0.3 is 12.1 Å². The van der Waals surface area contributed by atoms with Crippen LogP contribution in [0.15, 0.2) is 91.0 Å². The van der Waals surface area contributed by atoms with Crippen LogP contribution in [-0.4, -0.2) is 115 Å². The zero-order valence-electron chi connectivity index (χ0n) is 38.0. The van der Waals surface area contributed by atoms with Gasteiger partial charge in [-0.15, -0.1) is 10.2 Å². The van der Waals surface area contributed by atoms with Crippen LogP contribution in [0.2, 0.25) is 0 Å². The number of amides is 4. The van der Waals surface area contributed by atoms with E-state index in [9.17, 15) is 18.4 Å². The summed E-state index contributed by atoms with van der Waals surface area (Å²) in [5.74, 6) is 1.72. The molecule has 18 heteroatoms. The topological polar surface area (TPSA) is 176 Å². The predicted molar refractivity (Wildman–Crippen MR) is 259 cm³/mol. The molecule has 356 valence electrons. The van der Waals surface area contributed by atoms with Crippen molar-refractivity contribution < 1.29 is 24.1 Å². The lowest BCUT2D eigenvalue weighted by Crippen LogP contribution is -2.42. The second kappa shape index (κ2) is 23.5. The number of carbonyl (C=O) groups is 2. The highest BCUT2D eigenvalue weighted by Gasteiger charge is 2.22. The molecule has 66 heavy (non-hydrogen) atoms. The van der Waals surface area contributed by atoms with Gasteiger partial charge in [-0.25, -0.2) is 27.7 Å². The van der Waals surface area contributed by atoms with Gasteiger partial charge in [0.05, 0.1) is 0 Å². The van der Waals surface area contributed by atoms with E-state index < -0.39 is 0 Å².